The summed E-state index contributed by atoms with van der Waals surface area (Å²) in [6, 6.07) is 2.95. The van der Waals surface area contributed by atoms with E-state index < -0.39 is 5.95 Å². The van der Waals surface area contributed by atoms with E-state index >= 15 is 0 Å². The highest BCUT2D eigenvalue weighted by molar-refractivity contribution is 5.40. The number of hydrogen-bond donors (Lipinski definition) is 1. The first-order valence-electron chi connectivity index (χ1n) is 4.38. The van der Waals surface area contributed by atoms with Crippen LogP contribution in [0.2, 0.25) is 0 Å². The Balaban J connectivity index is 1.99. The van der Waals surface area contributed by atoms with Gasteiger partial charge in [-0.25, -0.2) is 4.98 Å². The van der Waals surface area contributed by atoms with E-state index in [-0.39, 0.29) is 0 Å². The summed E-state index contributed by atoms with van der Waals surface area (Å²) < 4.78 is 17.6. The number of nitrogens with zero attached hydrogens (tertiary/aromatic N) is 3. The summed E-state index contributed by atoms with van der Waals surface area (Å²) in [4.78, 5) is 7.44. The van der Waals surface area contributed by atoms with E-state index in [1.54, 1.807) is 13.0 Å². The van der Waals surface area contributed by atoms with Gasteiger partial charge in [-0.1, -0.05) is 5.16 Å². The number of rotatable bonds is 3. The number of hydrogen-bond acceptors (Lipinski definition) is 5. The molecule has 0 saturated carbocycles. The predicted octanol–water partition coefficient (Wildman–Crippen LogP) is 1.52. The monoisotopic (exact) mass is 208 g/mol. The van der Waals surface area contributed by atoms with Crippen molar-refractivity contribution >= 4 is 5.69 Å². The van der Waals surface area contributed by atoms with Crippen LogP contribution in [0.1, 0.15) is 11.7 Å². The number of aromatic nitrogens is 3. The Hall–Kier alpha value is -1.98. The molecule has 0 aliphatic heterocycles. The Labute approximate surface area is 85.3 Å². The van der Waals surface area contributed by atoms with Crippen molar-refractivity contribution in [3.05, 3.63) is 36.0 Å². The summed E-state index contributed by atoms with van der Waals surface area (Å²) in [5.41, 5.74) is 0.623. The van der Waals surface area contributed by atoms with Crippen LogP contribution in [0.5, 0.6) is 0 Å². The molecule has 0 bridgehead atoms. The molecule has 15 heavy (non-hydrogen) atoms. The third-order valence-electron chi connectivity index (χ3n) is 1.74. The van der Waals surface area contributed by atoms with Gasteiger partial charge in [-0.05, 0) is 13.0 Å². The van der Waals surface area contributed by atoms with Gasteiger partial charge in [0.25, 0.3) is 0 Å². The van der Waals surface area contributed by atoms with Gasteiger partial charge in [0, 0.05) is 18.0 Å². The maximum atomic E-state index is 12.7. The average molecular weight is 208 g/mol. The number of nitrogens with one attached hydrogen (secondary N) is 1. The average Bonchev–Trinajstić information content (AvgIpc) is 2.62. The molecular weight excluding hydrogens is 199 g/mol. The van der Waals surface area contributed by atoms with Gasteiger partial charge in [-0.2, -0.15) is 9.37 Å². The van der Waals surface area contributed by atoms with Crippen molar-refractivity contribution in [3.8, 4) is 0 Å². The van der Waals surface area contributed by atoms with Crippen molar-refractivity contribution in [2.45, 2.75) is 13.5 Å². The summed E-state index contributed by atoms with van der Waals surface area (Å²) in [5, 5.41) is 6.57. The highest BCUT2D eigenvalue weighted by Crippen LogP contribution is 2.08. The van der Waals surface area contributed by atoms with E-state index in [9.17, 15) is 4.39 Å². The molecule has 0 aliphatic rings. The molecule has 78 valence electrons. The molecule has 0 aromatic carbocycles. The summed E-state index contributed by atoms with van der Waals surface area (Å²) in [7, 11) is 0. The molecule has 0 radical (unpaired) electrons. The zero-order valence-corrected chi connectivity index (χ0v) is 8.07. The van der Waals surface area contributed by atoms with Crippen LogP contribution in [-0.2, 0) is 6.54 Å². The highest BCUT2D eigenvalue weighted by Gasteiger charge is 2.02. The van der Waals surface area contributed by atoms with Crippen molar-refractivity contribution < 1.29 is 8.91 Å². The van der Waals surface area contributed by atoms with Crippen molar-refractivity contribution in [1.29, 1.82) is 0 Å². The van der Waals surface area contributed by atoms with Crippen molar-refractivity contribution in [2.24, 2.45) is 0 Å². The lowest BCUT2D eigenvalue weighted by Gasteiger charge is -2.01. The van der Waals surface area contributed by atoms with Crippen LogP contribution in [0.25, 0.3) is 0 Å². The second kappa shape index (κ2) is 4.04. The minimum Gasteiger partial charge on any atom is -0.376 e. The normalized spacial score (nSPS) is 10.3. The van der Waals surface area contributed by atoms with E-state index in [4.69, 9.17) is 4.52 Å². The second-order valence-corrected chi connectivity index (χ2v) is 2.96. The van der Waals surface area contributed by atoms with Gasteiger partial charge in [-0.15, -0.1) is 0 Å². The van der Waals surface area contributed by atoms with Crippen molar-refractivity contribution in [3.63, 3.8) is 0 Å². The minimum atomic E-state index is -0.526. The Morgan fingerprint density at radius 2 is 2.40 bits per heavy atom. The van der Waals surface area contributed by atoms with Crippen LogP contribution in [0, 0.1) is 12.9 Å². The molecule has 0 aliphatic carbocycles. The van der Waals surface area contributed by atoms with Crippen molar-refractivity contribution in [2.75, 3.05) is 5.32 Å². The van der Waals surface area contributed by atoms with E-state index in [1.165, 1.54) is 12.3 Å². The second-order valence-electron chi connectivity index (χ2n) is 2.96. The molecular formula is C9H9FN4O. The van der Waals surface area contributed by atoms with Crippen LogP contribution < -0.4 is 5.32 Å². The third-order valence-corrected chi connectivity index (χ3v) is 1.74. The summed E-state index contributed by atoms with van der Waals surface area (Å²) in [6.45, 7) is 2.10. The first-order valence-corrected chi connectivity index (χ1v) is 4.38. The van der Waals surface area contributed by atoms with Gasteiger partial charge in [0.05, 0.1) is 6.54 Å². The molecule has 2 rings (SSSR count). The lowest BCUT2D eigenvalue weighted by atomic mass is 10.4. The molecule has 0 saturated heterocycles. The largest absolute Gasteiger partial charge is 0.376 e. The summed E-state index contributed by atoms with van der Waals surface area (Å²) in [5.74, 6) is 0.513. The zero-order valence-electron chi connectivity index (χ0n) is 8.07. The van der Waals surface area contributed by atoms with Gasteiger partial charge in [0.1, 0.15) is 0 Å². The van der Waals surface area contributed by atoms with Gasteiger partial charge in [0.15, 0.2) is 5.82 Å². The fraction of sp³-hybridized carbons (Fsp3) is 0.222. The summed E-state index contributed by atoms with van der Waals surface area (Å²) in [6.07, 6.45) is 1.39. The number of aryl methyl sites for hydroxylation is 1. The number of pyridine rings is 1. The number of halogens is 1. The predicted molar refractivity (Wildman–Crippen MR) is 50.6 cm³/mol. The van der Waals surface area contributed by atoms with Crippen LogP contribution in [0.4, 0.5) is 10.1 Å². The molecule has 0 spiro atoms. The van der Waals surface area contributed by atoms with E-state index in [0.29, 0.717) is 23.9 Å². The molecule has 0 unspecified atom stereocenters. The summed E-state index contributed by atoms with van der Waals surface area (Å²) >= 11 is 0. The molecule has 6 heteroatoms. The van der Waals surface area contributed by atoms with Crippen LogP contribution in [-0.4, -0.2) is 15.1 Å². The fourth-order valence-corrected chi connectivity index (χ4v) is 1.10. The topological polar surface area (TPSA) is 63.8 Å². The third kappa shape index (κ3) is 2.49. The van der Waals surface area contributed by atoms with Crippen LogP contribution in [0.3, 0.4) is 0 Å². The molecule has 2 heterocycles. The Morgan fingerprint density at radius 3 is 3.07 bits per heavy atom. The Kier molecular flexibility index (Phi) is 2.57. The molecule has 2 aromatic rings. The molecule has 5 nitrogen and oxygen atoms in total. The standard InChI is InChI=1S/C9H9FN4O/c1-6-13-9(15-14-6)5-12-7-2-3-11-8(10)4-7/h2-4H,5H2,1H3,(H,11,12). The maximum Gasteiger partial charge on any atom is 0.245 e. The molecule has 0 amide bonds. The minimum absolute atomic E-state index is 0.365. The molecule has 2 aromatic heterocycles. The smallest absolute Gasteiger partial charge is 0.245 e. The van der Waals surface area contributed by atoms with E-state index in [1.807, 2.05) is 0 Å². The van der Waals surface area contributed by atoms with Gasteiger partial charge >= 0.3 is 0 Å². The first-order chi connectivity index (χ1) is 7.24. The fourth-order valence-electron chi connectivity index (χ4n) is 1.10. The zero-order chi connectivity index (χ0) is 10.7. The molecule has 1 N–H and O–H groups in total. The maximum absolute atomic E-state index is 12.7. The molecule has 0 atom stereocenters. The van der Waals surface area contributed by atoms with Gasteiger partial charge in [0.2, 0.25) is 11.8 Å². The van der Waals surface area contributed by atoms with Gasteiger partial charge < -0.3 is 9.84 Å². The Morgan fingerprint density at radius 1 is 1.53 bits per heavy atom. The quantitative estimate of drug-likeness (QED) is 0.775. The van der Waals surface area contributed by atoms with Crippen molar-refractivity contribution in [1.82, 2.24) is 15.1 Å². The Bertz CT molecular complexity index is 457. The molecule has 0 fully saturated rings. The van der Waals surface area contributed by atoms with Crippen LogP contribution in [0.15, 0.2) is 22.9 Å². The SMILES string of the molecule is Cc1noc(CNc2ccnc(F)c2)n1. The van der Waals surface area contributed by atoms with E-state index in [0.717, 1.165) is 0 Å². The number of anilines is 1. The lowest BCUT2D eigenvalue weighted by molar-refractivity contribution is 0.379. The van der Waals surface area contributed by atoms with E-state index in [2.05, 4.69) is 20.4 Å². The van der Waals surface area contributed by atoms with Gasteiger partial charge in [-0.3, -0.25) is 0 Å². The first kappa shape index (κ1) is 9.57. The lowest BCUT2D eigenvalue weighted by Crippen LogP contribution is -2.00. The highest BCUT2D eigenvalue weighted by atomic mass is 19.1. The van der Waals surface area contributed by atoms with Crippen LogP contribution >= 0.6 is 0 Å².